The number of anilines is 1. The van der Waals surface area contributed by atoms with Crippen molar-refractivity contribution in [2.45, 2.75) is 26.1 Å². The third-order valence-electron chi connectivity index (χ3n) is 4.03. The van der Waals surface area contributed by atoms with Gasteiger partial charge in [-0.15, -0.1) is 0 Å². The molecule has 0 unspecified atom stereocenters. The van der Waals surface area contributed by atoms with Crippen molar-refractivity contribution in [2.24, 2.45) is 7.05 Å². The molecule has 1 atom stereocenters. The fourth-order valence-electron chi connectivity index (χ4n) is 2.72. The standard InChI is InChI=1S/C18H16F4N4O2/c1-9-15-13(18(20,21)22)8-14(24-16(15)26(3)25-9)28-10(2)17(27)23-12-6-4-11(19)5-7-12/h4-8,10H,1-3H3,(H,23,27)/t10-/m0/s1. The number of benzene rings is 1. The van der Waals surface area contributed by atoms with Crippen LogP contribution < -0.4 is 10.1 Å². The Morgan fingerprint density at radius 2 is 1.89 bits per heavy atom. The molecule has 3 rings (SSSR count). The first-order chi connectivity index (χ1) is 13.1. The minimum atomic E-state index is -4.65. The number of fused-ring (bicyclic) bond motifs is 1. The second-order valence-electron chi connectivity index (χ2n) is 6.17. The highest BCUT2D eigenvalue weighted by Crippen LogP contribution is 2.37. The minimum absolute atomic E-state index is 0.00605. The molecule has 1 aromatic carbocycles. The van der Waals surface area contributed by atoms with Crippen LogP contribution in [0.1, 0.15) is 18.2 Å². The van der Waals surface area contributed by atoms with Gasteiger partial charge in [-0.05, 0) is 38.1 Å². The summed E-state index contributed by atoms with van der Waals surface area (Å²) in [6.45, 7) is 2.82. The Hall–Kier alpha value is -3.17. The average molecular weight is 396 g/mol. The molecular weight excluding hydrogens is 380 g/mol. The van der Waals surface area contributed by atoms with Crippen molar-refractivity contribution in [3.63, 3.8) is 0 Å². The van der Waals surface area contributed by atoms with Crippen molar-refractivity contribution in [3.8, 4) is 5.88 Å². The molecule has 0 radical (unpaired) electrons. The third-order valence-corrected chi connectivity index (χ3v) is 4.03. The number of rotatable bonds is 4. The lowest BCUT2D eigenvalue weighted by Crippen LogP contribution is -2.30. The number of pyridine rings is 1. The molecule has 0 saturated carbocycles. The van der Waals surface area contributed by atoms with Crippen molar-refractivity contribution in [1.29, 1.82) is 0 Å². The molecule has 1 N–H and O–H groups in total. The molecule has 1 amide bonds. The summed E-state index contributed by atoms with van der Waals surface area (Å²) < 4.78 is 59.9. The Bertz CT molecular complexity index is 1030. The van der Waals surface area contributed by atoms with Gasteiger partial charge in [-0.1, -0.05) is 0 Å². The number of alkyl halides is 3. The Morgan fingerprint density at radius 3 is 2.50 bits per heavy atom. The van der Waals surface area contributed by atoms with Crippen molar-refractivity contribution < 1.29 is 27.1 Å². The van der Waals surface area contributed by atoms with Gasteiger partial charge in [0.05, 0.1) is 16.6 Å². The van der Waals surface area contributed by atoms with Crippen LogP contribution in [-0.2, 0) is 18.0 Å². The van der Waals surface area contributed by atoms with Crippen LogP contribution in [0.15, 0.2) is 30.3 Å². The lowest BCUT2D eigenvalue weighted by Gasteiger charge is -2.16. The van der Waals surface area contributed by atoms with Crippen LogP contribution in [0.3, 0.4) is 0 Å². The highest BCUT2D eigenvalue weighted by molar-refractivity contribution is 5.94. The maximum Gasteiger partial charge on any atom is 0.417 e. The van der Waals surface area contributed by atoms with Crippen LogP contribution in [0.2, 0.25) is 0 Å². The smallest absolute Gasteiger partial charge is 0.417 e. The number of aryl methyl sites for hydroxylation is 2. The van der Waals surface area contributed by atoms with Crippen LogP contribution in [0.4, 0.5) is 23.2 Å². The Kier molecular flexibility index (Phi) is 4.97. The second-order valence-corrected chi connectivity index (χ2v) is 6.17. The average Bonchev–Trinajstić information content (AvgIpc) is 2.89. The maximum atomic E-state index is 13.5. The van der Waals surface area contributed by atoms with Crippen molar-refractivity contribution in [3.05, 3.63) is 47.4 Å². The summed E-state index contributed by atoms with van der Waals surface area (Å²) in [6, 6.07) is 5.78. The maximum absolute atomic E-state index is 13.5. The Morgan fingerprint density at radius 1 is 1.25 bits per heavy atom. The van der Waals surface area contributed by atoms with Gasteiger partial charge in [-0.2, -0.15) is 23.3 Å². The van der Waals surface area contributed by atoms with Crippen LogP contribution >= 0.6 is 0 Å². The van der Waals surface area contributed by atoms with Gasteiger partial charge in [0.25, 0.3) is 5.91 Å². The van der Waals surface area contributed by atoms with E-state index in [9.17, 15) is 22.4 Å². The van der Waals surface area contributed by atoms with Crippen molar-refractivity contribution in [1.82, 2.24) is 14.8 Å². The molecule has 0 bridgehead atoms. The van der Waals surface area contributed by atoms with Gasteiger partial charge in [0.15, 0.2) is 11.8 Å². The number of carbonyl (C=O) groups is 1. The van der Waals surface area contributed by atoms with Gasteiger partial charge in [0.1, 0.15) is 5.82 Å². The molecule has 28 heavy (non-hydrogen) atoms. The molecule has 0 aliphatic rings. The molecule has 0 saturated heterocycles. The topological polar surface area (TPSA) is 69.0 Å². The highest BCUT2D eigenvalue weighted by Gasteiger charge is 2.36. The Balaban J connectivity index is 1.88. The third kappa shape index (κ3) is 3.90. The van der Waals surface area contributed by atoms with Crippen LogP contribution in [0.25, 0.3) is 11.0 Å². The summed E-state index contributed by atoms with van der Waals surface area (Å²) in [7, 11) is 1.47. The zero-order chi connectivity index (χ0) is 20.6. The number of ether oxygens (including phenoxy) is 1. The van der Waals surface area contributed by atoms with Crippen molar-refractivity contribution in [2.75, 3.05) is 5.32 Å². The number of nitrogens with one attached hydrogen (secondary N) is 1. The fourth-order valence-corrected chi connectivity index (χ4v) is 2.72. The van der Waals surface area contributed by atoms with Gasteiger partial charge in [0, 0.05) is 18.8 Å². The van der Waals surface area contributed by atoms with Crippen molar-refractivity contribution >= 4 is 22.6 Å². The number of nitrogens with zero attached hydrogens (tertiary/aromatic N) is 3. The van der Waals surface area contributed by atoms with Gasteiger partial charge in [-0.25, -0.2) is 4.39 Å². The molecule has 3 aromatic rings. The van der Waals surface area contributed by atoms with E-state index in [4.69, 9.17) is 4.74 Å². The number of aromatic nitrogens is 3. The molecule has 0 fully saturated rings. The molecular formula is C18H16F4N4O2. The summed E-state index contributed by atoms with van der Waals surface area (Å²) in [6.07, 6.45) is -5.79. The van der Waals surface area contributed by atoms with E-state index in [1.165, 1.54) is 37.7 Å². The lowest BCUT2D eigenvalue weighted by molar-refractivity contribution is -0.136. The summed E-state index contributed by atoms with van der Waals surface area (Å²) in [4.78, 5) is 16.3. The molecule has 2 heterocycles. The van der Waals surface area contributed by atoms with E-state index in [1.807, 2.05) is 0 Å². The van der Waals surface area contributed by atoms with E-state index in [0.717, 1.165) is 18.2 Å². The molecule has 0 spiro atoms. The summed E-state index contributed by atoms with van der Waals surface area (Å²) in [5.41, 5.74) is -0.438. The fraction of sp³-hybridized carbons (Fsp3) is 0.278. The highest BCUT2D eigenvalue weighted by atomic mass is 19.4. The first-order valence-corrected chi connectivity index (χ1v) is 8.21. The predicted molar refractivity (Wildman–Crippen MR) is 93.4 cm³/mol. The van der Waals surface area contributed by atoms with Crippen LogP contribution in [0.5, 0.6) is 5.88 Å². The number of amides is 1. The normalized spacial score (nSPS) is 12.8. The summed E-state index contributed by atoms with van der Waals surface area (Å²) in [5, 5.41) is 6.34. The number of hydrogen-bond acceptors (Lipinski definition) is 4. The van der Waals surface area contributed by atoms with Gasteiger partial charge in [-0.3, -0.25) is 9.48 Å². The summed E-state index contributed by atoms with van der Waals surface area (Å²) in [5.74, 6) is -1.45. The number of carbonyl (C=O) groups excluding carboxylic acids is 1. The van der Waals surface area contributed by atoms with Gasteiger partial charge < -0.3 is 10.1 Å². The number of hydrogen-bond donors (Lipinski definition) is 1. The van der Waals surface area contributed by atoms with E-state index >= 15 is 0 Å². The van der Waals surface area contributed by atoms with Gasteiger partial charge in [0.2, 0.25) is 5.88 Å². The molecule has 2 aromatic heterocycles. The van der Waals surface area contributed by atoms with E-state index in [0.29, 0.717) is 5.69 Å². The SMILES string of the molecule is Cc1nn(C)c2nc(O[C@@H](C)C(=O)Nc3ccc(F)cc3)cc(C(F)(F)F)c12. The van der Waals surface area contributed by atoms with Crippen LogP contribution in [0, 0.1) is 12.7 Å². The molecule has 0 aliphatic carbocycles. The minimum Gasteiger partial charge on any atom is -0.464 e. The summed E-state index contributed by atoms with van der Waals surface area (Å²) >= 11 is 0. The lowest BCUT2D eigenvalue weighted by atomic mass is 10.1. The quantitative estimate of drug-likeness (QED) is 0.681. The zero-order valence-corrected chi connectivity index (χ0v) is 15.1. The van der Waals surface area contributed by atoms with Crippen LogP contribution in [-0.4, -0.2) is 26.8 Å². The zero-order valence-electron chi connectivity index (χ0n) is 15.1. The second kappa shape index (κ2) is 7.10. The monoisotopic (exact) mass is 396 g/mol. The first-order valence-electron chi connectivity index (χ1n) is 8.21. The first kappa shape index (κ1) is 19.6. The number of halogens is 4. The van der Waals surface area contributed by atoms with Gasteiger partial charge >= 0.3 is 6.18 Å². The molecule has 0 aliphatic heterocycles. The van der Waals surface area contributed by atoms with E-state index in [1.54, 1.807) is 0 Å². The molecule has 10 heteroatoms. The van der Waals surface area contributed by atoms with E-state index < -0.39 is 29.6 Å². The molecule has 6 nitrogen and oxygen atoms in total. The van der Waals surface area contributed by atoms with E-state index in [2.05, 4.69) is 15.4 Å². The largest absolute Gasteiger partial charge is 0.464 e. The molecule has 148 valence electrons. The Labute approximate surface area is 157 Å². The predicted octanol–water partition coefficient (Wildman–Crippen LogP) is 3.84. The van der Waals surface area contributed by atoms with E-state index in [-0.39, 0.29) is 22.6 Å².